The topological polar surface area (TPSA) is 81.9 Å². The highest BCUT2D eigenvalue weighted by atomic mass is 79.9. The molecule has 2 aromatic rings. The van der Waals surface area contributed by atoms with Crippen LogP contribution in [0.15, 0.2) is 21.1 Å². The molecule has 0 saturated carbocycles. The molecular weight excluding hydrogens is 418 g/mol. The van der Waals surface area contributed by atoms with Gasteiger partial charge in [0, 0.05) is 4.47 Å². The molecule has 2 rings (SSSR count). The van der Waals surface area contributed by atoms with E-state index in [9.17, 15) is 4.79 Å². The van der Waals surface area contributed by atoms with Crippen molar-refractivity contribution in [2.75, 3.05) is 11.9 Å². The molecule has 9 heteroatoms. The fourth-order valence-electron chi connectivity index (χ4n) is 1.76. The quantitative estimate of drug-likeness (QED) is 0.758. The number of tetrazole rings is 1. The molecule has 0 saturated heterocycles. The largest absolute Gasteiger partial charge is 0.482 e. The van der Waals surface area contributed by atoms with Gasteiger partial charge in [-0.2, -0.15) is 4.80 Å². The zero-order valence-electron chi connectivity index (χ0n) is 12.1. The van der Waals surface area contributed by atoms with Crippen molar-refractivity contribution < 1.29 is 9.53 Å². The van der Waals surface area contributed by atoms with Gasteiger partial charge in [0.25, 0.3) is 11.9 Å². The Morgan fingerprint density at radius 2 is 2.18 bits per heavy atom. The number of amides is 1. The Morgan fingerprint density at radius 1 is 1.41 bits per heavy atom. The summed E-state index contributed by atoms with van der Waals surface area (Å²) in [6.45, 7) is 4.43. The first-order valence-electron chi connectivity index (χ1n) is 6.65. The fourth-order valence-corrected chi connectivity index (χ4v) is 3.31. The summed E-state index contributed by atoms with van der Waals surface area (Å²) in [5, 5.41) is 14.2. The average Bonchev–Trinajstić information content (AvgIpc) is 2.85. The van der Waals surface area contributed by atoms with Gasteiger partial charge in [-0.05, 0) is 52.2 Å². The Kier molecular flexibility index (Phi) is 5.90. The van der Waals surface area contributed by atoms with E-state index in [1.54, 1.807) is 0 Å². The number of ether oxygens (including phenoxy) is 1. The molecule has 0 fully saturated rings. The number of nitrogens with zero attached hydrogens (tertiary/aromatic N) is 4. The number of carbonyl (C=O) groups excluding carboxylic acids is 1. The van der Waals surface area contributed by atoms with Crippen LogP contribution in [0.3, 0.4) is 0 Å². The molecule has 1 aromatic heterocycles. The highest BCUT2D eigenvalue weighted by molar-refractivity contribution is 9.11. The van der Waals surface area contributed by atoms with Crippen LogP contribution in [0.5, 0.6) is 5.75 Å². The lowest BCUT2D eigenvalue weighted by Crippen LogP contribution is -2.21. The van der Waals surface area contributed by atoms with E-state index in [0.29, 0.717) is 12.3 Å². The van der Waals surface area contributed by atoms with E-state index < -0.39 is 0 Å². The summed E-state index contributed by atoms with van der Waals surface area (Å²) in [6, 6.07) is 3.77. The molecule has 0 radical (unpaired) electrons. The molecule has 118 valence electrons. The first-order chi connectivity index (χ1) is 10.5. The van der Waals surface area contributed by atoms with Gasteiger partial charge in [-0.15, -0.1) is 5.10 Å². The van der Waals surface area contributed by atoms with Crippen molar-refractivity contribution in [3.8, 4) is 5.75 Å². The summed E-state index contributed by atoms with van der Waals surface area (Å²) in [5.41, 5.74) is 0.918. The van der Waals surface area contributed by atoms with Crippen LogP contribution < -0.4 is 10.1 Å². The van der Waals surface area contributed by atoms with Crippen LogP contribution in [0.2, 0.25) is 0 Å². The van der Waals surface area contributed by atoms with Gasteiger partial charge in [0.1, 0.15) is 5.75 Å². The number of nitrogens with one attached hydrogen (secondary N) is 1. The van der Waals surface area contributed by atoms with E-state index in [4.69, 9.17) is 4.74 Å². The molecule has 0 bridgehead atoms. The van der Waals surface area contributed by atoms with Crippen LogP contribution in [-0.2, 0) is 11.3 Å². The molecular formula is C13H15Br2N5O2. The first-order valence-corrected chi connectivity index (χ1v) is 8.24. The van der Waals surface area contributed by atoms with Crippen molar-refractivity contribution >= 4 is 43.7 Å². The molecule has 1 heterocycles. The van der Waals surface area contributed by atoms with Gasteiger partial charge >= 0.3 is 0 Å². The molecule has 0 aliphatic carbocycles. The molecule has 0 aliphatic heterocycles. The number of halogens is 2. The standard InChI is InChI=1S/C13H15Br2N5O2/c1-3-4-20-18-13(17-19-20)16-11(21)7-22-12-8(2)5-9(14)6-10(12)15/h5-6H,3-4,7H2,1-2H3,(H,16,18,21). The predicted molar refractivity (Wildman–Crippen MR) is 88.8 cm³/mol. The third-order valence-electron chi connectivity index (χ3n) is 2.67. The van der Waals surface area contributed by atoms with E-state index >= 15 is 0 Å². The molecule has 1 amide bonds. The van der Waals surface area contributed by atoms with Gasteiger partial charge in [-0.1, -0.05) is 28.0 Å². The maximum absolute atomic E-state index is 11.9. The Labute approximate surface area is 144 Å². The van der Waals surface area contributed by atoms with E-state index in [-0.39, 0.29) is 18.5 Å². The zero-order chi connectivity index (χ0) is 16.1. The monoisotopic (exact) mass is 431 g/mol. The van der Waals surface area contributed by atoms with Crippen molar-refractivity contribution in [2.24, 2.45) is 0 Å². The number of anilines is 1. The molecule has 22 heavy (non-hydrogen) atoms. The molecule has 0 unspecified atom stereocenters. The van der Waals surface area contributed by atoms with Crippen molar-refractivity contribution in [2.45, 2.75) is 26.8 Å². The smallest absolute Gasteiger partial charge is 0.270 e. The van der Waals surface area contributed by atoms with E-state index in [0.717, 1.165) is 20.9 Å². The van der Waals surface area contributed by atoms with Crippen LogP contribution in [0.25, 0.3) is 0 Å². The van der Waals surface area contributed by atoms with E-state index in [1.165, 1.54) is 4.80 Å². The molecule has 7 nitrogen and oxygen atoms in total. The SMILES string of the molecule is CCCn1nnc(NC(=O)COc2c(C)cc(Br)cc2Br)n1. The fraction of sp³-hybridized carbons (Fsp3) is 0.385. The minimum absolute atomic E-state index is 0.136. The normalized spacial score (nSPS) is 10.5. The number of carbonyl (C=O) groups is 1. The zero-order valence-corrected chi connectivity index (χ0v) is 15.3. The second-order valence-corrected chi connectivity index (χ2v) is 6.35. The molecule has 1 N–H and O–H groups in total. The number of benzene rings is 1. The molecule has 0 aliphatic rings. The highest BCUT2D eigenvalue weighted by Crippen LogP contribution is 2.32. The Morgan fingerprint density at radius 3 is 2.86 bits per heavy atom. The van der Waals surface area contributed by atoms with Crippen molar-refractivity contribution in [1.82, 2.24) is 20.2 Å². The van der Waals surface area contributed by atoms with Crippen molar-refractivity contribution in [3.63, 3.8) is 0 Å². The maximum Gasteiger partial charge on any atom is 0.270 e. The van der Waals surface area contributed by atoms with Crippen LogP contribution in [0.1, 0.15) is 18.9 Å². The highest BCUT2D eigenvalue weighted by Gasteiger charge is 2.11. The van der Waals surface area contributed by atoms with Gasteiger partial charge in [-0.25, -0.2) is 0 Å². The molecule has 0 spiro atoms. The Bertz CT molecular complexity index is 651. The van der Waals surface area contributed by atoms with Gasteiger partial charge in [0.05, 0.1) is 11.0 Å². The molecule has 1 aromatic carbocycles. The number of hydrogen-bond donors (Lipinski definition) is 1. The number of hydrogen-bond acceptors (Lipinski definition) is 5. The van der Waals surface area contributed by atoms with Crippen LogP contribution in [0, 0.1) is 6.92 Å². The summed E-state index contributed by atoms with van der Waals surface area (Å²) in [5.74, 6) is 0.458. The third-order valence-corrected chi connectivity index (χ3v) is 3.72. The van der Waals surface area contributed by atoms with Crippen LogP contribution in [0.4, 0.5) is 5.95 Å². The lowest BCUT2D eigenvalue weighted by atomic mass is 10.2. The Balaban J connectivity index is 1.92. The number of aromatic nitrogens is 4. The van der Waals surface area contributed by atoms with Crippen LogP contribution >= 0.6 is 31.9 Å². The first kappa shape index (κ1) is 16.9. The number of aryl methyl sites for hydroxylation is 2. The van der Waals surface area contributed by atoms with Crippen LogP contribution in [-0.4, -0.2) is 32.7 Å². The average molecular weight is 433 g/mol. The number of rotatable bonds is 6. The summed E-state index contributed by atoms with van der Waals surface area (Å²) >= 11 is 6.81. The minimum Gasteiger partial charge on any atom is -0.482 e. The van der Waals surface area contributed by atoms with Gasteiger partial charge in [0.15, 0.2) is 6.61 Å². The maximum atomic E-state index is 11.9. The van der Waals surface area contributed by atoms with Gasteiger partial charge in [-0.3, -0.25) is 10.1 Å². The Hall–Kier alpha value is -1.48. The van der Waals surface area contributed by atoms with Gasteiger partial charge < -0.3 is 4.74 Å². The summed E-state index contributed by atoms with van der Waals surface area (Å²) in [6.07, 6.45) is 0.893. The van der Waals surface area contributed by atoms with Crippen molar-refractivity contribution in [1.29, 1.82) is 0 Å². The lowest BCUT2D eigenvalue weighted by Gasteiger charge is -2.11. The summed E-state index contributed by atoms with van der Waals surface area (Å²) in [7, 11) is 0. The van der Waals surface area contributed by atoms with E-state index in [2.05, 4.69) is 52.6 Å². The third kappa shape index (κ3) is 4.51. The predicted octanol–water partition coefficient (Wildman–Crippen LogP) is 2.93. The minimum atomic E-state index is -0.342. The molecule has 0 atom stereocenters. The summed E-state index contributed by atoms with van der Waals surface area (Å²) < 4.78 is 7.26. The van der Waals surface area contributed by atoms with Crippen molar-refractivity contribution in [3.05, 3.63) is 26.6 Å². The second-order valence-electron chi connectivity index (χ2n) is 4.58. The lowest BCUT2D eigenvalue weighted by molar-refractivity contribution is -0.118. The summed E-state index contributed by atoms with van der Waals surface area (Å²) in [4.78, 5) is 13.3. The van der Waals surface area contributed by atoms with E-state index in [1.807, 2.05) is 26.0 Å². The van der Waals surface area contributed by atoms with Gasteiger partial charge in [0.2, 0.25) is 0 Å². The second kappa shape index (κ2) is 7.68.